The number of benzene rings is 1. The molecule has 0 saturated heterocycles. The van der Waals surface area contributed by atoms with E-state index in [9.17, 15) is 9.59 Å². The Balaban J connectivity index is 2.78. The van der Waals surface area contributed by atoms with Gasteiger partial charge in [0.05, 0.1) is 0 Å². The van der Waals surface area contributed by atoms with Gasteiger partial charge in [-0.1, -0.05) is 0 Å². The minimum atomic E-state index is -1.17. The summed E-state index contributed by atoms with van der Waals surface area (Å²) in [5, 5.41) is 17.4. The van der Waals surface area contributed by atoms with Gasteiger partial charge in [-0.15, -0.1) is 0 Å². The van der Waals surface area contributed by atoms with Crippen LogP contribution in [0.3, 0.4) is 0 Å². The normalized spacial score (nSPS) is 10.3. The van der Waals surface area contributed by atoms with Crippen LogP contribution < -0.4 is 4.90 Å². The molecular weight excluding hydrogens is 210 g/mol. The van der Waals surface area contributed by atoms with Crippen molar-refractivity contribution in [1.29, 1.82) is 0 Å². The molecular formula is C11H11NO4. The SMILES string of the molecule is CN(C(=O)/C=C/C(=O)O)c1ccc(O)cc1. The Labute approximate surface area is 92.2 Å². The molecule has 1 rings (SSSR count). The van der Waals surface area contributed by atoms with E-state index in [0.29, 0.717) is 5.69 Å². The number of aliphatic carboxylic acids is 1. The van der Waals surface area contributed by atoms with Crippen LogP contribution in [0.2, 0.25) is 0 Å². The average molecular weight is 221 g/mol. The second-order valence-electron chi connectivity index (χ2n) is 3.09. The summed E-state index contributed by atoms with van der Waals surface area (Å²) in [6.07, 6.45) is 1.74. The minimum absolute atomic E-state index is 0.102. The molecule has 2 N–H and O–H groups in total. The first-order chi connectivity index (χ1) is 7.50. The number of hydrogen-bond acceptors (Lipinski definition) is 3. The van der Waals surface area contributed by atoms with E-state index < -0.39 is 11.9 Å². The lowest BCUT2D eigenvalue weighted by Gasteiger charge is -2.14. The van der Waals surface area contributed by atoms with Gasteiger partial charge in [0.1, 0.15) is 5.75 Å². The number of nitrogens with zero attached hydrogens (tertiary/aromatic N) is 1. The highest BCUT2D eigenvalue weighted by molar-refractivity contribution is 6.03. The number of carbonyl (C=O) groups is 2. The zero-order chi connectivity index (χ0) is 12.1. The number of carboxylic acids is 1. The largest absolute Gasteiger partial charge is 0.508 e. The number of anilines is 1. The molecule has 0 aliphatic heterocycles. The maximum atomic E-state index is 11.4. The lowest BCUT2D eigenvalue weighted by molar-refractivity contribution is -0.131. The van der Waals surface area contributed by atoms with Crippen molar-refractivity contribution in [3.8, 4) is 5.75 Å². The van der Waals surface area contributed by atoms with Crippen LogP contribution in [0.1, 0.15) is 0 Å². The van der Waals surface area contributed by atoms with Gasteiger partial charge in [0.15, 0.2) is 0 Å². The molecule has 16 heavy (non-hydrogen) atoms. The zero-order valence-electron chi connectivity index (χ0n) is 8.62. The van der Waals surface area contributed by atoms with Gasteiger partial charge in [-0.25, -0.2) is 4.79 Å². The first-order valence-corrected chi connectivity index (χ1v) is 4.48. The number of amides is 1. The number of phenols is 1. The van der Waals surface area contributed by atoms with E-state index in [1.807, 2.05) is 0 Å². The highest BCUT2D eigenvalue weighted by Crippen LogP contribution is 2.17. The summed E-state index contributed by atoms with van der Waals surface area (Å²) in [5.74, 6) is -1.52. The van der Waals surface area contributed by atoms with Gasteiger partial charge >= 0.3 is 5.97 Å². The number of aromatic hydroxyl groups is 1. The molecule has 0 spiro atoms. The first-order valence-electron chi connectivity index (χ1n) is 4.48. The minimum Gasteiger partial charge on any atom is -0.508 e. The Bertz CT molecular complexity index is 422. The Hall–Kier alpha value is -2.30. The topological polar surface area (TPSA) is 77.8 Å². The van der Waals surface area contributed by atoms with Crippen molar-refractivity contribution >= 4 is 17.6 Å². The Kier molecular flexibility index (Phi) is 3.66. The molecule has 1 amide bonds. The third-order valence-electron chi connectivity index (χ3n) is 1.94. The standard InChI is InChI=1S/C11H11NO4/c1-12(10(14)6-7-11(15)16)8-2-4-9(13)5-3-8/h2-7,13H,1H3,(H,15,16)/b7-6+. The Morgan fingerprint density at radius 3 is 2.25 bits per heavy atom. The average Bonchev–Trinajstić information content (AvgIpc) is 2.26. The molecule has 0 fully saturated rings. The monoisotopic (exact) mass is 221 g/mol. The van der Waals surface area contributed by atoms with Gasteiger partial charge < -0.3 is 15.1 Å². The van der Waals surface area contributed by atoms with E-state index in [-0.39, 0.29) is 5.75 Å². The predicted molar refractivity (Wildman–Crippen MR) is 58.3 cm³/mol. The van der Waals surface area contributed by atoms with Crippen molar-refractivity contribution in [3.63, 3.8) is 0 Å². The molecule has 0 aromatic heterocycles. The summed E-state index contributed by atoms with van der Waals surface area (Å²) in [7, 11) is 1.51. The van der Waals surface area contributed by atoms with Crippen molar-refractivity contribution in [2.75, 3.05) is 11.9 Å². The lowest BCUT2D eigenvalue weighted by atomic mass is 10.3. The summed E-state index contributed by atoms with van der Waals surface area (Å²) in [6.45, 7) is 0. The summed E-state index contributed by atoms with van der Waals surface area (Å²) >= 11 is 0. The molecule has 1 aromatic rings. The molecule has 0 saturated carbocycles. The van der Waals surface area contributed by atoms with Crippen molar-refractivity contribution < 1.29 is 19.8 Å². The van der Waals surface area contributed by atoms with Gasteiger partial charge in [0.25, 0.3) is 5.91 Å². The molecule has 0 heterocycles. The number of rotatable bonds is 3. The fraction of sp³-hybridized carbons (Fsp3) is 0.0909. The van der Waals surface area contributed by atoms with Gasteiger partial charge in [-0.3, -0.25) is 4.79 Å². The molecule has 5 nitrogen and oxygen atoms in total. The number of hydrogen-bond donors (Lipinski definition) is 2. The van der Waals surface area contributed by atoms with Crippen LogP contribution in [0.5, 0.6) is 5.75 Å². The Morgan fingerprint density at radius 2 is 1.75 bits per heavy atom. The Morgan fingerprint density at radius 1 is 1.19 bits per heavy atom. The van der Waals surface area contributed by atoms with Crippen LogP contribution in [0.15, 0.2) is 36.4 Å². The van der Waals surface area contributed by atoms with E-state index in [2.05, 4.69) is 0 Å². The van der Waals surface area contributed by atoms with E-state index in [1.54, 1.807) is 12.1 Å². The summed E-state index contributed by atoms with van der Waals surface area (Å²) in [6, 6.07) is 6.00. The smallest absolute Gasteiger partial charge is 0.328 e. The second kappa shape index (κ2) is 4.97. The quantitative estimate of drug-likeness (QED) is 0.746. The van der Waals surface area contributed by atoms with Crippen molar-refractivity contribution in [2.45, 2.75) is 0 Å². The van der Waals surface area contributed by atoms with Crippen LogP contribution in [-0.2, 0) is 9.59 Å². The third-order valence-corrected chi connectivity index (χ3v) is 1.94. The summed E-state index contributed by atoms with van der Waals surface area (Å²) in [4.78, 5) is 22.9. The highest BCUT2D eigenvalue weighted by Gasteiger charge is 2.07. The van der Waals surface area contributed by atoms with Crippen molar-refractivity contribution in [3.05, 3.63) is 36.4 Å². The second-order valence-corrected chi connectivity index (χ2v) is 3.09. The fourth-order valence-corrected chi connectivity index (χ4v) is 1.06. The van der Waals surface area contributed by atoms with Crippen LogP contribution >= 0.6 is 0 Å². The third kappa shape index (κ3) is 3.13. The van der Waals surface area contributed by atoms with Crippen LogP contribution in [0, 0.1) is 0 Å². The van der Waals surface area contributed by atoms with Crippen LogP contribution in [0.25, 0.3) is 0 Å². The van der Waals surface area contributed by atoms with E-state index in [1.165, 1.54) is 24.1 Å². The highest BCUT2D eigenvalue weighted by atomic mass is 16.4. The molecule has 0 aliphatic carbocycles. The van der Waals surface area contributed by atoms with Crippen molar-refractivity contribution in [2.24, 2.45) is 0 Å². The van der Waals surface area contributed by atoms with Crippen LogP contribution in [-0.4, -0.2) is 29.1 Å². The van der Waals surface area contributed by atoms with Crippen molar-refractivity contribution in [1.82, 2.24) is 0 Å². The van der Waals surface area contributed by atoms with E-state index in [0.717, 1.165) is 12.2 Å². The van der Waals surface area contributed by atoms with Crippen LogP contribution in [0.4, 0.5) is 5.69 Å². The van der Waals surface area contributed by atoms with Gasteiger partial charge in [-0.05, 0) is 24.3 Å². The fourth-order valence-electron chi connectivity index (χ4n) is 1.06. The molecule has 0 bridgehead atoms. The molecule has 84 valence electrons. The maximum Gasteiger partial charge on any atom is 0.328 e. The predicted octanol–water partition coefficient (Wildman–Crippen LogP) is 0.996. The van der Waals surface area contributed by atoms with Gasteiger partial charge in [0, 0.05) is 24.9 Å². The zero-order valence-corrected chi connectivity index (χ0v) is 8.62. The molecule has 1 aromatic carbocycles. The number of carbonyl (C=O) groups excluding carboxylic acids is 1. The van der Waals surface area contributed by atoms with Gasteiger partial charge in [-0.2, -0.15) is 0 Å². The summed E-state index contributed by atoms with van der Waals surface area (Å²) < 4.78 is 0. The molecule has 0 radical (unpaired) electrons. The molecule has 0 aliphatic rings. The van der Waals surface area contributed by atoms with E-state index in [4.69, 9.17) is 10.2 Å². The number of likely N-dealkylation sites (N-methyl/N-ethyl adjacent to an activating group) is 1. The number of carboxylic acid groups (broad SMARTS) is 1. The molecule has 5 heteroatoms. The number of phenolic OH excluding ortho intramolecular Hbond substituents is 1. The molecule has 0 atom stereocenters. The summed E-state index contributed by atoms with van der Waals surface area (Å²) in [5.41, 5.74) is 0.567. The maximum absolute atomic E-state index is 11.4. The first kappa shape index (κ1) is 11.8. The lowest BCUT2D eigenvalue weighted by Crippen LogP contribution is -2.24. The van der Waals surface area contributed by atoms with E-state index >= 15 is 0 Å². The molecule has 0 unspecified atom stereocenters. The van der Waals surface area contributed by atoms with Gasteiger partial charge in [0.2, 0.25) is 0 Å².